The van der Waals surface area contributed by atoms with Crippen LogP contribution in [0.25, 0.3) is 0 Å². The second-order valence-corrected chi connectivity index (χ2v) is 10.9. The molecule has 0 saturated heterocycles. The summed E-state index contributed by atoms with van der Waals surface area (Å²) >= 11 is 0. The lowest BCUT2D eigenvalue weighted by molar-refractivity contribution is -0.138. The van der Waals surface area contributed by atoms with E-state index < -0.39 is 8.07 Å². The summed E-state index contributed by atoms with van der Waals surface area (Å²) in [6.07, 6.45) is 4.99. The molecule has 0 aliphatic rings. The molecule has 0 radical (unpaired) electrons. The Balaban J connectivity index is 4.38. The molecule has 2 nitrogen and oxygen atoms in total. The van der Waals surface area contributed by atoms with Crippen molar-refractivity contribution in [3.63, 3.8) is 0 Å². The Labute approximate surface area is 101 Å². The molecule has 0 bridgehead atoms. The topological polar surface area (TPSA) is 26.3 Å². The van der Waals surface area contributed by atoms with Crippen molar-refractivity contribution in [1.29, 1.82) is 0 Å². The molecule has 0 fully saturated rings. The van der Waals surface area contributed by atoms with Crippen LogP contribution in [0.4, 0.5) is 0 Å². The van der Waals surface area contributed by atoms with Crippen LogP contribution in [0.15, 0.2) is 11.6 Å². The van der Waals surface area contributed by atoms with E-state index in [0.29, 0.717) is 6.61 Å². The number of esters is 1. The number of unbranched alkanes of at least 4 members (excludes halogenated alkanes) is 1. The molecule has 0 atom stereocenters. The van der Waals surface area contributed by atoms with Gasteiger partial charge in [0, 0.05) is 13.6 Å². The Morgan fingerprint density at radius 2 is 1.88 bits per heavy atom. The van der Waals surface area contributed by atoms with E-state index in [0.717, 1.165) is 30.9 Å². The van der Waals surface area contributed by atoms with Gasteiger partial charge in [-0.3, -0.25) is 0 Å². The Bertz CT molecular complexity index is 239. The molecular formula is C13H26O2Si. The van der Waals surface area contributed by atoms with Crippen molar-refractivity contribution in [3.05, 3.63) is 11.6 Å². The Kier molecular flexibility index (Phi) is 7.39. The van der Waals surface area contributed by atoms with Crippen LogP contribution < -0.4 is 0 Å². The predicted octanol–water partition coefficient (Wildman–Crippen LogP) is 4.00. The molecule has 0 amide bonds. The van der Waals surface area contributed by atoms with E-state index >= 15 is 0 Å². The summed E-state index contributed by atoms with van der Waals surface area (Å²) in [5.41, 5.74) is 0.881. The van der Waals surface area contributed by atoms with Crippen molar-refractivity contribution >= 4 is 14.0 Å². The largest absolute Gasteiger partial charge is 0.463 e. The van der Waals surface area contributed by atoms with E-state index in [9.17, 15) is 4.79 Å². The lowest BCUT2D eigenvalue weighted by atomic mass is 10.1. The number of hydrogen-bond donors (Lipinski definition) is 0. The van der Waals surface area contributed by atoms with E-state index in [2.05, 4.69) is 32.6 Å². The van der Waals surface area contributed by atoms with Gasteiger partial charge < -0.3 is 4.74 Å². The quantitative estimate of drug-likeness (QED) is 0.383. The van der Waals surface area contributed by atoms with Gasteiger partial charge in [-0.1, -0.05) is 45.1 Å². The van der Waals surface area contributed by atoms with Gasteiger partial charge in [0.05, 0.1) is 6.61 Å². The number of carbonyl (C=O) groups excluding carboxylic acids is 1. The van der Waals surface area contributed by atoms with Gasteiger partial charge in [0.2, 0.25) is 0 Å². The Morgan fingerprint density at radius 3 is 2.31 bits per heavy atom. The first-order valence-corrected chi connectivity index (χ1v) is 9.97. The van der Waals surface area contributed by atoms with Gasteiger partial charge in [0.25, 0.3) is 0 Å². The van der Waals surface area contributed by atoms with Gasteiger partial charge in [0.1, 0.15) is 0 Å². The molecule has 16 heavy (non-hydrogen) atoms. The van der Waals surface area contributed by atoms with Crippen molar-refractivity contribution in [2.45, 2.75) is 58.8 Å². The van der Waals surface area contributed by atoms with E-state index in [1.807, 2.05) is 6.92 Å². The second-order valence-electron chi connectivity index (χ2n) is 5.30. The zero-order valence-corrected chi connectivity index (χ0v) is 12.4. The van der Waals surface area contributed by atoms with Crippen LogP contribution in [-0.4, -0.2) is 20.7 Å². The Hall–Kier alpha value is -0.573. The molecular weight excluding hydrogens is 216 g/mol. The van der Waals surface area contributed by atoms with Crippen molar-refractivity contribution in [2.75, 3.05) is 6.61 Å². The van der Waals surface area contributed by atoms with Gasteiger partial charge >= 0.3 is 5.97 Å². The minimum absolute atomic E-state index is 0.116. The van der Waals surface area contributed by atoms with Gasteiger partial charge in [-0.05, 0) is 19.8 Å². The molecule has 0 heterocycles. The number of carbonyl (C=O) groups is 1. The SMILES string of the molecule is CCC/C=C(/CC[Si](C)(C)C)C(=O)OCC. The third-order valence-electron chi connectivity index (χ3n) is 2.36. The summed E-state index contributed by atoms with van der Waals surface area (Å²) in [5.74, 6) is -0.116. The van der Waals surface area contributed by atoms with Crippen molar-refractivity contribution in [2.24, 2.45) is 0 Å². The Morgan fingerprint density at radius 1 is 1.25 bits per heavy atom. The number of rotatable bonds is 7. The van der Waals surface area contributed by atoms with Gasteiger partial charge in [-0.15, -0.1) is 0 Å². The highest BCUT2D eigenvalue weighted by Crippen LogP contribution is 2.18. The van der Waals surface area contributed by atoms with Crippen molar-refractivity contribution in [3.8, 4) is 0 Å². The second kappa shape index (κ2) is 7.66. The lowest BCUT2D eigenvalue weighted by Crippen LogP contribution is -2.20. The molecule has 3 heteroatoms. The number of hydrogen-bond acceptors (Lipinski definition) is 2. The first-order valence-electron chi connectivity index (χ1n) is 6.27. The maximum Gasteiger partial charge on any atom is 0.333 e. The summed E-state index contributed by atoms with van der Waals surface area (Å²) in [4.78, 5) is 11.7. The smallest absolute Gasteiger partial charge is 0.333 e. The molecule has 0 rings (SSSR count). The van der Waals surface area contributed by atoms with Gasteiger partial charge in [-0.2, -0.15) is 0 Å². The summed E-state index contributed by atoms with van der Waals surface area (Å²) in [6.45, 7) is 11.4. The molecule has 0 spiro atoms. The van der Waals surface area contributed by atoms with Crippen LogP contribution >= 0.6 is 0 Å². The van der Waals surface area contributed by atoms with Gasteiger partial charge in [0.15, 0.2) is 0 Å². The molecule has 0 saturated carbocycles. The normalized spacial score (nSPS) is 12.7. The zero-order valence-electron chi connectivity index (χ0n) is 11.4. The minimum atomic E-state index is -1.08. The van der Waals surface area contributed by atoms with E-state index in [1.54, 1.807) is 0 Å². The highest BCUT2D eigenvalue weighted by molar-refractivity contribution is 6.76. The summed E-state index contributed by atoms with van der Waals surface area (Å²) in [6, 6.07) is 1.15. The van der Waals surface area contributed by atoms with Crippen molar-refractivity contribution in [1.82, 2.24) is 0 Å². The number of ether oxygens (including phenoxy) is 1. The first kappa shape index (κ1) is 15.4. The third kappa shape index (κ3) is 7.68. The fourth-order valence-electron chi connectivity index (χ4n) is 1.34. The molecule has 0 aromatic heterocycles. The summed E-state index contributed by atoms with van der Waals surface area (Å²) in [7, 11) is -1.08. The molecule has 0 N–H and O–H groups in total. The average molecular weight is 242 g/mol. The molecule has 94 valence electrons. The van der Waals surface area contributed by atoms with Gasteiger partial charge in [-0.25, -0.2) is 4.79 Å². The monoisotopic (exact) mass is 242 g/mol. The van der Waals surface area contributed by atoms with E-state index in [4.69, 9.17) is 4.74 Å². The van der Waals surface area contributed by atoms with Crippen LogP contribution in [0.5, 0.6) is 0 Å². The van der Waals surface area contributed by atoms with Crippen LogP contribution in [0.1, 0.15) is 33.1 Å². The molecule has 0 aliphatic heterocycles. The fourth-order valence-corrected chi connectivity index (χ4v) is 2.36. The number of allylic oxidation sites excluding steroid dienone is 1. The van der Waals surface area contributed by atoms with E-state index in [1.165, 1.54) is 0 Å². The maximum atomic E-state index is 11.7. The van der Waals surface area contributed by atoms with Crippen LogP contribution in [0.2, 0.25) is 25.7 Å². The minimum Gasteiger partial charge on any atom is -0.463 e. The molecule has 0 aromatic rings. The third-order valence-corrected chi connectivity index (χ3v) is 4.11. The van der Waals surface area contributed by atoms with E-state index in [-0.39, 0.29) is 5.97 Å². The highest BCUT2D eigenvalue weighted by Gasteiger charge is 2.17. The molecule has 0 aliphatic carbocycles. The van der Waals surface area contributed by atoms with Crippen molar-refractivity contribution < 1.29 is 9.53 Å². The first-order chi connectivity index (χ1) is 7.40. The lowest BCUT2D eigenvalue weighted by Gasteiger charge is -2.16. The zero-order chi connectivity index (χ0) is 12.6. The molecule has 0 aromatic carbocycles. The van der Waals surface area contributed by atoms with Crippen LogP contribution in [0.3, 0.4) is 0 Å². The summed E-state index contributed by atoms with van der Waals surface area (Å²) < 4.78 is 5.07. The maximum absolute atomic E-state index is 11.7. The summed E-state index contributed by atoms with van der Waals surface area (Å²) in [5, 5.41) is 0. The standard InChI is InChI=1S/C13H26O2Si/c1-6-8-9-12(13(14)15-7-2)10-11-16(3,4)5/h9H,6-8,10-11H2,1-5H3/b12-9-. The highest BCUT2D eigenvalue weighted by atomic mass is 28.3. The van der Waals surface area contributed by atoms with Crippen LogP contribution in [0, 0.1) is 0 Å². The average Bonchev–Trinajstić information content (AvgIpc) is 2.16. The predicted molar refractivity (Wildman–Crippen MR) is 72.4 cm³/mol. The fraction of sp³-hybridized carbons (Fsp3) is 0.769. The molecule has 0 unspecified atom stereocenters. The van der Waals surface area contributed by atoms with Crippen LogP contribution in [-0.2, 0) is 9.53 Å².